The zero-order valence-electron chi connectivity index (χ0n) is 17.7. The van der Waals surface area contributed by atoms with Gasteiger partial charge in [0.05, 0.1) is 12.7 Å². The van der Waals surface area contributed by atoms with Gasteiger partial charge in [0.25, 0.3) is 0 Å². The minimum atomic E-state index is 0.325. The van der Waals surface area contributed by atoms with Crippen molar-refractivity contribution in [3.05, 3.63) is 48.0 Å². The summed E-state index contributed by atoms with van der Waals surface area (Å²) in [6.45, 7) is 10.1. The van der Waals surface area contributed by atoms with Gasteiger partial charge in [-0.3, -0.25) is 9.89 Å². The summed E-state index contributed by atoms with van der Waals surface area (Å²) in [5.41, 5.74) is 2.45. The van der Waals surface area contributed by atoms with E-state index >= 15 is 0 Å². The highest BCUT2D eigenvalue weighted by molar-refractivity contribution is 5.79. The minimum absolute atomic E-state index is 0.325. The molecule has 1 aromatic rings. The van der Waals surface area contributed by atoms with E-state index in [1.807, 2.05) is 13.1 Å². The molecule has 6 nitrogen and oxygen atoms in total. The first kappa shape index (κ1) is 21.8. The number of hydrogen-bond acceptors (Lipinski definition) is 4. The molecule has 2 N–H and O–H groups in total. The molecule has 2 aliphatic rings. The zero-order valence-corrected chi connectivity index (χ0v) is 17.7. The average Bonchev–Trinajstić information content (AvgIpc) is 2.77. The maximum Gasteiger partial charge on any atom is 0.191 e. The maximum absolute atomic E-state index is 6.05. The van der Waals surface area contributed by atoms with Crippen LogP contribution in [0.1, 0.15) is 36.8 Å². The molecule has 29 heavy (non-hydrogen) atoms. The average molecular weight is 401 g/mol. The third-order valence-electron chi connectivity index (χ3n) is 5.64. The Morgan fingerprint density at radius 1 is 1.24 bits per heavy atom. The molecule has 1 aromatic carbocycles. The molecule has 0 aromatic heterocycles. The Kier molecular flexibility index (Phi) is 8.99. The van der Waals surface area contributed by atoms with E-state index in [1.54, 1.807) is 0 Å². The molecule has 160 valence electrons. The normalized spacial score (nSPS) is 19.8. The molecule has 2 aliphatic heterocycles. The summed E-state index contributed by atoms with van der Waals surface area (Å²) >= 11 is 0. The van der Waals surface area contributed by atoms with Crippen LogP contribution in [0.3, 0.4) is 0 Å². The van der Waals surface area contributed by atoms with Crippen LogP contribution in [0.25, 0.3) is 0 Å². The standard InChI is InChI=1S/C23H36N4O2/c1-3-11-27-12-7-21(8-13-27)26-23(24-2)25-17-19-5-4-6-20(16-19)18-29-22-9-14-28-15-10-22/h3-6,16,21-22H,1,7-15,17-18H2,2H3,(H2,24,25,26). The highest BCUT2D eigenvalue weighted by Gasteiger charge is 2.19. The van der Waals surface area contributed by atoms with Crippen LogP contribution in [0.15, 0.2) is 41.9 Å². The third kappa shape index (κ3) is 7.46. The quantitative estimate of drug-likeness (QED) is 0.399. The fraction of sp³-hybridized carbons (Fsp3) is 0.609. The summed E-state index contributed by atoms with van der Waals surface area (Å²) in [6, 6.07) is 9.07. The van der Waals surface area contributed by atoms with Crippen molar-refractivity contribution in [2.24, 2.45) is 4.99 Å². The summed E-state index contributed by atoms with van der Waals surface area (Å²) in [6.07, 6.45) is 6.57. The van der Waals surface area contributed by atoms with Gasteiger partial charge in [-0.25, -0.2) is 0 Å². The van der Waals surface area contributed by atoms with Gasteiger partial charge < -0.3 is 20.1 Å². The Hall–Kier alpha value is -1.89. The second-order valence-corrected chi connectivity index (χ2v) is 7.88. The van der Waals surface area contributed by atoms with Gasteiger partial charge in [0.2, 0.25) is 0 Å². The molecule has 2 saturated heterocycles. The summed E-state index contributed by atoms with van der Waals surface area (Å²) < 4.78 is 11.4. The number of guanidine groups is 1. The number of likely N-dealkylation sites (tertiary alicyclic amines) is 1. The molecule has 6 heteroatoms. The van der Waals surface area contributed by atoms with Crippen LogP contribution in [0.5, 0.6) is 0 Å². The summed E-state index contributed by atoms with van der Waals surface area (Å²) in [7, 11) is 1.83. The van der Waals surface area contributed by atoms with Crippen LogP contribution < -0.4 is 10.6 Å². The van der Waals surface area contributed by atoms with Crippen molar-refractivity contribution in [2.75, 3.05) is 39.9 Å². The molecule has 0 bridgehead atoms. The Balaban J connectivity index is 1.41. The van der Waals surface area contributed by atoms with Crippen molar-refractivity contribution in [2.45, 2.75) is 51.0 Å². The van der Waals surface area contributed by atoms with Gasteiger partial charge in [-0.2, -0.15) is 0 Å². The van der Waals surface area contributed by atoms with Gasteiger partial charge >= 0.3 is 0 Å². The lowest BCUT2D eigenvalue weighted by atomic mass is 10.1. The van der Waals surface area contributed by atoms with Crippen molar-refractivity contribution in [1.29, 1.82) is 0 Å². The summed E-state index contributed by atoms with van der Waals surface area (Å²) in [5.74, 6) is 0.871. The molecule has 0 radical (unpaired) electrons. The topological polar surface area (TPSA) is 58.1 Å². The van der Waals surface area contributed by atoms with Gasteiger partial charge in [-0.05, 0) is 36.8 Å². The first-order chi connectivity index (χ1) is 14.3. The smallest absolute Gasteiger partial charge is 0.191 e. The fourth-order valence-corrected chi connectivity index (χ4v) is 3.90. The van der Waals surface area contributed by atoms with E-state index in [2.05, 4.69) is 51.4 Å². The highest BCUT2D eigenvalue weighted by Crippen LogP contribution is 2.14. The van der Waals surface area contributed by atoms with Gasteiger partial charge in [-0.1, -0.05) is 30.3 Å². The van der Waals surface area contributed by atoms with Crippen LogP contribution in [-0.2, 0) is 22.6 Å². The molecule has 2 fully saturated rings. The molecule has 0 amide bonds. The van der Waals surface area contributed by atoms with Crippen molar-refractivity contribution in [3.63, 3.8) is 0 Å². The molecule has 3 rings (SSSR count). The van der Waals surface area contributed by atoms with Gasteiger partial charge in [0, 0.05) is 52.5 Å². The van der Waals surface area contributed by atoms with Crippen LogP contribution >= 0.6 is 0 Å². The molecule has 0 spiro atoms. The largest absolute Gasteiger partial charge is 0.381 e. The van der Waals surface area contributed by atoms with Crippen LogP contribution in [-0.4, -0.2) is 62.9 Å². The van der Waals surface area contributed by atoms with E-state index < -0.39 is 0 Å². The number of benzene rings is 1. The van der Waals surface area contributed by atoms with Crippen molar-refractivity contribution >= 4 is 5.96 Å². The Morgan fingerprint density at radius 2 is 2.00 bits per heavy atom. The van der Waals surface area contributed by atoms with Gasteiger partial charge in [-0.15, -0.1) is 6.58 Å². The molecular formula is C23H36N4O2. The lowest BCUT2D eigenvalue weighted by Gasteiger charge is -2.32. The third-order valence-corrected chi connectivity index (χ3v) is 5.64. The lowest BCUT2D eigenvalue weighted by molar-refractivity contribution is -0.0390. The number of nitrogens with zero attached hydrogens (tertiary/aromatic N) is 2. The Bertz CT molecular complexity index is 650. The monoisotopic (exact) mass is 400 g/mol. The maximum atomic E-state index is 6.05. The summed E-state index contributed by atoms with van der Waals surface area (Å²) in [5, 5.41) is 7.03. The van der Waals surface area contributed by atoms with Crippen molar-refractivity contribution in [1.82, 2.24) is 15.5 Å². The molecule has 0 unspecified atom stereocenters. The SMILES string of the molecule is C=CCN1CCC(NC(=NC)NCc2cccc(COC3CCOCC3)c2)CC1. The molecule has 2 heterocycles. The number of rotatable bonds is 8. The Morgan fingerprint density at radius 3 is 2.72 bits per heavy atom. The number of nitrogens with one attached hydrogen (secondary N) is 2. The van der Waals surface area contributed by atoms with Gasteiger partial charge in [0.1, 0.15) is 0 Å². The van der Waals surface area contributed by atoms with Crippen molar-refractivity contribution < 1.29 is 9.47 Å². The molecule has 0 saturated carbocycles. The number of aliphatic imine (C=N–C) groups is 1. The first-order valence-corrected chi connectivity index (χ1v) is 10.8. The van der Waals surface area contributed by atoms with Crippen LogP contribution in [0, 0.1) is 0 Å². The number of piperidine rings is 1. The fourth-order valence-electron chi connectivity index (χ4n) is 3.90. The molecular weight excluding hydrogens is 364 g/mol. The lowest BCUT2D eigenvalue weighted by Crippen LogP contribution is -2.48. The van der Waals surface area contributed by atoms with Crippen molar-refractivity contribution in [3.8, 4) is 0 Å². The summed E-state index contributed by atoms with van der Waals surface area (Å²) in [4.78, 5) is 6.84. The van der Waals surface area contributed by atoms with E-state index in [4.69, 9.17) is 9.47 Å². The minimum Gasteiger partial charge on any atom is -0.381 e. The van der Waals surface area contributed by atoms with E-state index in [-0.39, 0.29) is 0 Å². The number of hydrogen-bond donors (Lipinski definition) is 2. The predicted molar refractivity (Wildman–Crippen MR) is 118 cm³/mol. The van der Waals surface area contributed by atoms with Crippen LogP contribution in [0.2, 0.25) is 0 Å². The highest BCUT2D eigenvalue weighted by atomic mass is 16.5. The predicted octanol–water partition coefficient (Wildman–Crippen LogP) is 2.70. The zero-order chi connectivity index (χ0) is 20.3. The second-order valence-electron chi connectivity index (χ2n) is 7.88. The first-order valence-electron chi connectivity index (χ1n) is 10.8. The van der Waals surface area contributed by atoms with E-state index in [0.29, 0.717) is 18.8 Å². The molecule has 0 aliphatic carbocycles. The number of ether oxygens (including phenoxy) is 2. The molecule has 0 atom stereocenters. The van der Waals surface area contributed by atoms with E-state index in [0.717, 1.165) is 71.0 Å². The van der Waals surface area contributed by atoms with Crippen LogP contribution in [0.4, 0.5) is 0 Å². The van der Waals surface area contributed by atoms with E-state index in [1.165, 1.54) is 11.1 Å². The Labute approximate surface area is 175 Å². The van der Waals surface area contributed by atoms with E-state index in [9.17, 15) is 0 Å². The van der Waals surface area contributed by atoms with Gasteiger partial charge in [0.15, 0.2) is 5.96 Å². The second kappa shape index (κ2) is 12.0.